The van der Waals surface area contributed by atoms with Crippen LogP contribution < -0.4 is 5.32 Å². The van der Waals surface area contributed by atoms with Crippen LogP contribution >= 0.6 is 0 Å². The minimum absolute atomic E-state index is 0.165. The molecule has 0 aromatic heterocycles. The van der Waals surface area contributed by atoms with Gasteiger partial charge in [-0.15, -0.1) is 0 Å². The van der Waals surface area contributed by atoms with Gasteiger partial charge in [0.15, 0.2) is 6.61 Å². The maximum absolute atomic E-state index is 12.4. The number of esters is 1. The van der Waals surface area contributed by atoms with Crippen molar-refractivity contribution in [2.24, 2.45) is 23.2 Å². The first-order valence-electron chi connectivity index (χ1n) is 11.1. The van der Waals surface area contributed by atoms with Gasteiger partial charge in [0.1, 0.15) is 0 Å². The third kappa shape index (κ3) is 3.58. The molecule has 1 aromatic carbocycles. The van der Waals surface area contributed by atoms with E-state index in [1.807, 2.05) is 18.2 Å². The van der Waals surface area contributed by atoms with Crippen molar-refractivity contribution in [2.75, 3.05) is 13.2 Å². The quantitative estimate of drug-likeness (QED) is 0.783. The van der Waals surface area contributed by atoms with Gasteiger partial charge in [-0.05, 0) is 111 Å². The van der Waals surface area contributed by atoms with Gasteiger partial charge in [-0.25, -0.2) is 4.79 Å². The molecule has 0 radical (unpaired) electrons. The molecule has 28 heavy (non-hydrogen) atoms. The third-order valence-corrected chi connectivity index (χ3v) is 7.74. The molecule has 4 bridgehead atoms. The van der Waals surface area contributed by atoms with Crippen LogP contribution in [0.15, 0.2) is 18.2 Å². The first kappa shape index (κ1) is 18.2. The molecule has 5 aliphatic carbocycles. The van der Waals surface area contributed by atoms with Crippen LogP contribution in [0.25, 0.3) is 0 Å². The minimum Gasteiger partial charge on any atom is -0.452 e. The molecule has 4 nitrogen and oxygen atoms in total. The number of fused-ring (bicyclic) bond motifs is 1. The maximum Gasteiger partial charge on any atom is 0.338 e. The zero-order valence-electron chi connectivity index (χ0n) is 16.7. The van der Waals surface area contributed by atoms with E-state index in [4.69, 9.17) is 4.74 Å². The highest BCUT2D eigenvalue weighted by atomic mass is 16.5. The number of nitrogens with one attached hydrogen (secondary N) is 1. The Kier molecular flexibility index (Phi) is 4.68. The van der Waals surface area contributed by atoms with Crippen molar-refractivity contribution in [1.29, 1.82) is 0 Å². The normalized spacial score (nSPS) is 32.6. The largest absolute Gasteiger partial charge is 0.452 e. The Morgan fingerprint density at radius 3 is 2.29 bits per heavy atom. The molecule has 0 saturated heterocycles. The second-order valence-corrected chi connectivity index (χ2v) is 9.96. The van der Waals surface area contributed by atoms with Crippen LogP contribution in [0.3, 0.4) is 0 Å². The van der Waals surface area contributed by atoms with Crippen LogP contribution in [-0.2, 0) is 22.4 Å². The number of benzene rings is 1. The molecule has 1 amide bonds. The molecule has 4 saturated carbocycles. The predicted molar refractivity (Wildman–Crippen MR) is 107 cm³/mol. The van der Waals surface area contributed by atoms with Gasteiger partial charge in [-0.2, -0.15) is 0 Å². The Balaban J connectivity index is 1.12. The Morgan fingerprint density at radius 2 is 1.61 bits per heavy atom. The second-order valence-electron chi connectivity index (χ2n) is 9.96. The Hall–Kier alpha value is -1.84. The molecule has 150 valence electrons. The molecule has 0 atom stereocenters. The summed E-state index contributed by atoms with van der Waals surface area (Å²) < 4.78 is 5.30. The van der Waals surface area contributed by atoms with Gasteiger partial charge in [-0.1, -0.05) is 6.07 Å². The lowest BCUT2D eigenvalue weighted by Crippen LogP contribution is -2.51. The van der Waals surface area contributed by atoms with Gasteiger partial charge < -0.3 is 10.1 Å². The zero-order chi connectivity index (χ0) is 19.1. The molecule has 0 unspecified atom stereocenters. The van der Waals surface area contributed by atoms with Crippen molar-refractivity contribution in [3.8, 4) is 0 Å². The lowest BCUT2D eigenvalue weighted by atomic mass is 9.49. The summed E-state index contributed by atoms with van der Waals surface area (Å²) in [5, 5.41) is 3.08. The van der Waals surface area contributed by atoms with Crippen molar-refractivity contribution >= 4 is 11.9 Å². The van der Waals surface area contributed by atoms with E-state index in [0.717, 1.165) is 37.1 Å². The molecule has 4 heteroatoms. The molecule has 6 rings (SSSR count). The summed E-state index contributed by atoms with van der Waals surface area (Å²) in [4.78, 5) is 24.7. The second kappa shape index (κ2) is 7.20. The number of rotatable bonds is 5. The molecule has 4 fully saturated rings. The average molecular weight is 382 g/mol. The molecule has 0 aliphatic heterocycles. The number of hydrogen-bond donors (Lipinski definition) is 1. The van der Waals surface area contributed by atoms with E-state index in [1.54, 1.807) is 0 Å². The minimum atomic E-state index is -0.390. The Labute approximate surface area is 167 Å². The summed E-state index contributed by atoms with van der Waals surface area (Å²) in [5.41, 5.74) is 3.48. The third-order valence-electron chi connectivity index (χ3n) is 7.74. The molecule has 5 aliphatic rings. The lowest BCUT2D eigenvalue weighted by molar-refractivity contribution is -0.126. The monoisotopic (exact) mass is 381 g/mol. The van der Waals surface area contributed by atoms with Crippen LogP contribution in [-0.4, -0.2) is 25.0 Å². The molecular weight excluding hydrogens is 350 g/mol. The lowest BCUT2D eigenvalue weighted by Gasteiger charge is -2.56. The number of aryl methyl sites for hydroxylation is 2. The van der Waals surface area contributed by atoms with Crippen molar-refractivity contribution in [3.05, 3.63) is 34.9 Å². The fourth-order valence-electron chi connectivity index (χ4n) is 6.92. The highest BCUT2D eigenvalue weighted by Crippen LogP contribution is 2.59. The van der Waals surface area contributed by atoms with E-state index >= 15 is 0 Å². The number of amides is 1. The van der Waals surface area contributed by atoms with Crippen molar-refractivity contribution < 1.29 is 14.3 Å². The van der Waals surface area contributed by atoms with Crippen LogP contribution in [0.1, 0.15) is 72.9 Å². The van der Waals surface area contributed by atoms with Gasteiger partial charge in [0.25, 0.3) is 5.91 Å². The van der Waals surface area contributed by atoms with Crippen molar-refractivity contribution in [3.63, 3.8) is 0 Å². The van der Waals surface area contributed by atoms with Gasteiger partial charge in [0, 0.05) is 6.54 Å². The van der Waals surface area contributed by atoms with Crippen molar-refractivity contribution in [1.82, 2.24) is 5.32 Å². The van der Waals surface area contributed by atoms with Gasteiger partial charge in [0.2, 0.25) is 0 Å². The Morgan fingerprint density at radius 1 is 0.964 bits per heavy atom. The van der Waals surface area contributed by atoms with E-state index in [1.165, 1.54) is 62.5 Å². The molecule has 1 N–H and O–H groups in total. The van der Waals surface area contributed by atoms with Gasteiger partial charge in [-0.3, -0.25) is 4.79 Å². The fourth-order valence-corrected chi connectivity index (χ4v) is 6.92. The standard InChI is InChI=1S/C24H31NO3/c26-22(25-15-24-11-16-7-17(12-24)9-18(8-16)13-24)14-28-23(27)21-6-5-19-3-1-2-4-20(19)10-21/h5-6,10,16-18H,1-4,7-9,11-15H2,(H,25,26). The SMILES string of the molecule is O=C(COC(=O)c1ccc2c(c1)CCCC2)NCC12CC3CC(CC(C3)C1)C2. The average Bonchev–Trinajstić information content (AvgIpc) is 2.69. The predicted octanol–water partition coefficient (Wildman–Crippen LogP) is 4.05. The summed E-state index contributed by atoms with van der Waals surface area (Å²) in [6.07, 6.45) is 12.6. The zero-order valence-corrected chi connectivity index (χ0v) is 16.7. The van der Waals surface area contributed by atoms with Crippen molar-refractivity contribution in [2.45, 2.75) is 64.2 Å². The highest BCUT2D eigenvalue weighted by Gasteiger charge is 2.50. The topological polar surface area (TPSA) is 55.4 Å². The van der Waals surface area contributed by atoms with Crippen LogP contribution in [0.4, 0.5) is 0 Å². The first-order valence-corrected chi connectivity index (χ1v) is 11.1. The summed E-state index contributed by atoms with van der Waals surface area (Å²) in [6, 6.07) is 5.82. The highest BCUT2D eigenvalue weighted by molar-refractivity contribution is 5.91. The number of ether oxygens (including phenoxy) is 1. The number of carbonyl (C=O) groups is 2. The molecular formula is C24H31NO3. The van der Waals surface area contributed by atoms with Gasteiger partial charge >= 0.3 is 5.97 Å². The number of carbonyl (C=O) groups excluding carboxylic acids is 2. The Bertz CT molecular complexity index is 749. The van der Waals surface area contributed by atoms with E-state index in [9.17, 15) is 9.59 Å². The maximum atomic E-state index is 12.4. The van der Waals surface area contributed by atoms with E-state index in [2.05, 4.69) is 5.32 Å². The van der Waals surface area contributed by atoms with Crippen LogP contribution in [0.5, 0.6) is 0 Å². The smallest absolute Gasteiger partial charge is 0.338 e. The molecule has 0 heterocycles. The summed E-state index contributed by atoms with van der Waals surface area (Å²) >= 11 is 0. The molecule has 1 aromatic rings. The first-order chi connectivity index (χ1) is 13.6. The summed E-state index contributed by atoms with van der Waals surface area (Å²) in [5.74, 6) is 2.08. The van der Waals surface area contributed by atoms with Crippen LogP contribution in [0.2, 0.25) is 0 Å². The van der Waals surface area contributed by atoms with Crippen LogP contribution in [0, 0.1) is 23.2 Å². The summed E-state index contributed by atoms with van der Waals surface area (Å²) in [6.45, 7) is 0.577. The summed E-state index contributed by atoms with van der Waals surface area (Å²) in [7, 11) is 0. The fraction of sp³-hybridized carbons (Fsp3) is 0.667. The number of hydrogen-bond acceptors (Lipinski definition) is 3. The van der Waals surface area contributed by atoms with Gasteiger partial charge in [0.05, 0.1) is 5.56 Å². The van der Waals surface area contributed by atoms with E-state index in [0.29, 0.717) is 11.0 Å². The van der Waals surface area contributed by atoms with E-state index in [-0.39, 0.29) is 12.5 Å². The molecule has 0 spiro atoms. The van der Waals surface area contributed by atoms with E-state index < -0.39 is 5.97 Å².